The average molecular weight is 331 g/mol. The highest BCUT2D eigenvalue weighted by Crippen LogP contribution is 2.14. The molecule has 128 valence electrons. The zero-order valence-corrected chi connectivity index (χ0v) is 13.6. The van der Waals surface area contributed by atoms with Crippen LogP contribution < -0.4 is 0 Å². The maximum Gasteiger partial charge on any atom is 0.303 e. The molecular weight excluding hydrogens is 310 g/mol. The van der Waals surface area contributed by atoms with E-state index in [4.69, 9.17) is 5.11 Å². The largest absolute Gasteiger partial charge is 0.481 e. The van der Waals surface area contributed by atoms with Gasteiger partial charge in [0.15, 0.2) is 0 Å². The third-order valence-electron chi connectivity index (χ3n) is 3.76. The Morgan fingerprint density at radius 2 is 1.96 bits per heavy atom. The molecule has 0 aliphatic carbocycles. The van der Waals surface area contributed by atoms with Crippen LogP contribution in [0.2, 0.25) is 0 Å². The van der Waals surface area contributed by atoms with Crippen LogP contribution in [0.1, 0.15) is 31.2 Å². The van der Waals surface area contributed by atoms with Gasteiger partial charge in [0.2, 0.25) is 5.91 Å². The first-order valence-corrected chi connectivity index (χ1v) is 7.86. The van der Waals surface area contributed by atoms with Gasteiger partial charge in [0.25, 0.3) is 5.91 Å². The molecule has 0 spiro atoms. The number of aliphatic carboxylic acids is 1. The summed E-state index contributed by atoms with van der Waals surface area (Å²) in [7, 11) is 1.62. The van der Waals surface area contributed by atoms with E-state index in [2.05, 4.69) is 5.10 Å². The highest BCUT2D eigenvalue weighted by molar-refractivity contribution is 6.39. The van der Waals surface area contributed by atoms with E-state index in [1.54, 1.807) is 7.05 Å². The maximum absolute atomic E-state index is 12.4. The fraction of sp³-hybridized carbons (Fsp3) is 0.412. The fourth-order valence-corrected chi connectivity index (χ4v) is 2.42. The van der Waals surface area contributed by atoms with Gasteiger partial charge in [0.05, 0.1) is 6.54 Å². The lowest BCUT2D eigenvalue weighted by atomic mass is 10.1. The van der Waals surface area contributed by atoms with E-state index in [-0.39, 0.29) is 24.7 Å². The Morgan fingerprint density at radius 3 is 2.62 bits per heavy atom. The van der Waals surface area contributed by atoms with Crippen molar-refractivity contribution in [3.05, 3.63) is 35.9 Å². The molecule has 1 aromatic carbocycles. The highest BCUT2D eigenvalue weighted by atomic mass is 16.4. The Balaban J connectivity index is 2.00. The van der Waals surface area contributed by atoms with Gasteiger partial charge in [0, 0.05) is 32.9 Å². The van der Waals surface area contributed by atoms with Crippen LogP contribution >= 0.6 is 0 Å². The highest BCUT2D eigenvalue weighted by Gasteiger charge is 2.26. The first kappa shape index (κ1) is 17.7. The molecular formula is C17H21N3O4. The van der Waals surface area contributed by atoms with Crippen molar-refractivity contribution in [2.75, 3.05) is 13.6 Å². The molecule has 0 fully saturated rings. The molecule has 0 unspecified atom stereocenters. The number of carbonyl (C=O) groups excluding carboxylic acids is 2. The van der Waals surface area contributed by atoms with E-state index in [9.17, 15) is 14.4 Å². The molecule has 2 rings (SSSR count). The van der Waals surface area contributed by atoms with Crippen molar-refractivity contribution in [3.63, 3.8) is 0 Å². The van der Waals surface area contributed by atoms with Crippen LogP contribution in [0.25, 0.3) is 0 Å². The second-order valence-corrected chi connectivity index (χ2v) is 5.71. The minimum absolute atomic E-state index is 0.0166. The van der Waals surface area contributed by atoms with E-state index in [1.807, 2.05) is 30.3 Å². The normalized spacial score (nSPS) is 14.3. The Hall–Kier alpha value is -2.70. The van der Waals surface area contributed by atoms with Crippen LogP contribution in [0.5, 0.6) is 0 Å². The summed E-state index contributed by atoms with van der Waals surface area (Å²) in [6, 6.07) is 9.46. The van der Waals surface area contributed by atoms with Crippen molar-refractivity contribution in [2.45, 2.75) is 32.2 Å². The molecule has 0 saturated carbocycles. The standard InChI is InChI=1S/C17H21N3O4/c1-19(11-5-8-16(22)23)17(24)14-9-10-15(21)20(18-14)12-13-6-3-2-4-7-13/h2-4,6-7H,5,8-12H2,1H3,(H,22,23). The predicted molar refractivity (Wildman–Crippen MR) is 88.2 cm³/mol. The van der Waals surface area contributed by atoms with E-state index in [0.717, 1.165) is 5.56 Å². The molecule has 24 heavy (non-hydrogen) atoms. The van der Waals surface area contributed by atoms with Crippen molar-refractivity contribution in [3.8, 4) is 0 Å². The van der Waals surface area contributed by atoms with Crippen LogP contribution in [0.4, 0.5) is 0 Å². The minimum atomic E-state index is -0.884. The number of nitrogens with zero attached hydrogens (tertiary/aromatic N) is 3. The van der Waals surface area contributed by atoms with E-state index < -0.39 is 5.97 Å². The SMILES string of the molecule is CN(CCCC(=O)O)C(=O)C1=NN(Cc2ccccc2)C(=O)CC1. The summed E-state index contributed by atoms with van der Waals surface area (Å²) >= 11 is 0. The quantitative estimate of drug-likeness (QED) is 0.819. The third kappa shape index (κ3) is 4.91. The molecule has 1 N–H and O–H groups in total. The van der Waals surface area contributed by atoms with Gasteiger partial charge in [-0.05, 0) is 12.0 Å². The number of carboxylic acid groups (broad SMARTS) is 1. The molecule has 7 heteroatoms. The molecule has 0 aromatic heterocycles. The predicted octanol–water partition coefficient (Wildman–Crippen LogP) is 1.49. The molecule has 0 bridgehead atoms. The number of hydrogen-bond donors (Lipinski definition) is 1. The first-order valence-electron chi connectivity index (χ1n) is 7.86. The summed E-state index contributed by atoms with van der Waals surface area (Å²) in [5.74, 6) is -1.25. The van der Waals surface area contributed by atoms with Gasteiger partial charge >= 0.3 is 5.97 Å². The van der Waals surface area contributed by atoms with Gasteiger partial charge in [-0.3, -0.25) is 14.4 Å². The number of amides is 2. The molecule has 1 aromatic rings. The molecule has 0 saturated heterocycles. The second kappa shape index (κ2) is 8.24. The van der Waals surface area contributed by atoms with Gasteiger partial charge in [0.1, 0.15) is 5.71 Å². The number of hydrazone groups is 1. The summed E-state index contributed by atoms with van der Waals surface area (Å²) in [4.78, 5) is 36.4. The average Bonchev–Trinajstić information content (AvgIpc) is 2.56. The Morgan fingerprint density at radius 1 is 1.25 bits per heavy atom. The maximum atomic E-state index is 12.4. The Bertz CT molecular complexity index is 642. The topological polar surface area (TPSA) is 90.3 Å². The van der Waals surface area contributed by atoms with Gasteiger partial charge < -0.3 is 10.0 Å². The summed E-state index contributed by atoms with van der Waals surface area (Å²) < 4.78 is 0. The number of carboxylic acids is 1. The monoisotopic (exact) mass is 331 g/mol. The van der Waals surface area contributed by atoms with Gasteiger partial charge in [-0.1, -0.05) is 30.3 Å². The van der Waals surface area contributed by atoms with Gasteiger partial charge in [-0.15, -0.1) is 0 Å². The molecule has 2 amide bonds. The summed E-state index contributed by atoms with van der Waals surface area (Å²) in [5, 5.41) is 14.2. The number of hydrogen-bond acceptors (Lipinski definition) is 4. The lowest BCUT2D eigenvalue weighted by Crippen LogP contribution is -2.40. The van der Waals surface area contributed by atoms with Crippen LogP contribution in [0.3, 0.4) is 0 Å². The second-order valence-electron chi connectivity index (χ2n) is 5.71. The fourth-order valence-electron chi connectivity index (χ4n) is 2.42. The Labute approximate surface area is 140 Å². The van der Waals surface area contributed by atoms with Crippen molar-refractivity contribution in [1.29, 1.82) is 0 Å². The molecule has 0 radical (unpaired) electrons. The molecule has 1 heterocycles. The van der Waals surface area contributed by atoms with Crippen LogP contribution in [-0.4, -0.2) is 52.1 Å². The Kier molecular flexibility index (Phi) is 6.06. The van der Waals surface area contributed by atoms with Crippen molar-refractivity contribution >= 4 is 23.5 Å². The third-order valence-corrected chi connectivity index (χ3v) is 3.76. The summed E-state index contributed by atoms with van der Waals surface area (Å²) in [6.45, 7) is 0.677. The zero-order valence-electron chi connectivity index (χ0n) is 13.6. The van der Waals surface area contributed by atoms with E-state index in [1.165, 1.54) is 9.91 Å². The van der Waals surface area contributed by atoms with E-state index in [0.29, 0.717) is 31.6 Å². The van der Waals surface area contributed by atoms with Crippen molar-refractivity contribution in [1.82, 2.24) is 9.91 Å². The molecule has 7 nitrogen and oxygen atoms in total. The molecule has 1 aliphatic rings. The van der Waals surface area contributed by atoms with Crippen molar-refractivity contribution in [2.24, 2.45) is 5.10 Å². The van der Waals surface area contributed by atoms with Crippen LogP contribution in [-0.2, 0) is 20.9 Å². The van der Waals surface area contributed by atoms with Crippen LogP contribution in [0.15, 0.2) is 35.4 Å². The number of rotatable bonds is 7. The first-order chi connectivity index (χ1) is 11.5. The molecule has 0 atom stereocenters. The number of carbonyl (C=O) groups is 3. The van der Waals surface area contributed by atoms with E-state index >= 15 is 0 Å². The van der Waals surface area contributed by atoms with Crippen molar-refractivity contribution < 1.29 is 19.5 Å². The minimum Gasteiger partial charge on any atom is -0.481 e. The van der Waals surface area contributed by atoms with Gasteiger partial charge in [-0.25, -0.2) is 5.01 Å². The lowest BCUT2D eigenvalue weighted by Gasteiger charge is -2.25. The summed E-state index contributed by atoms with van der Waals surface area (Å²) in [6.07, 6.45) is 0.965. The summed E-state index contributed by atoms with van der Waals surface area (Å²) in [5.41, 5.74) is 1.28. The number of benzene rings is 1. The molecule has 1 aliphatic heterocycles. The smallest absolute Gasteiger partial charge is 0.303 e. The zero-order chi connectivity index (χ0) is 17.5. The lowest BCUT2D eigenvalue weighted by molar-refractivity contribution is -0.137. The van der Waals surface area contributed by atoms with Gasteiger partial charge in [-0.2, -0.15) is 5.10 Å². The van der Waals surface area contributed by atoms with Crippen LogP contribution in [0, 0.1) is 0 Å².